The molecule has 1 aromatic carbocycles. The number of nitrogens with one attached hydrogen (secondary N) is 1. The van der Waals surface area contributed by atoms with Crippen LogP contribution in [0.2, 0.25) is 0 Å². The van der Waals surface area contributed by atoms with Gasteiger partial charge in [0.25, 0.3) is 10.0 Å². The molecule has 3 aromatic rings. The second-order valence-electron chi connectivity index (χ2n) is 6.34. The monoisotopic (exact) mass is 381 g/mol. The molecule has 27 heavy (non-hydrogen) atoms. The molecule has 0 atom stereocenters. The van der Waals surface area contributed by atoms with Crippen molar-refractivity contribution in [2.24, 2.45) is 0 Å². The minimum absolute atomic E-state index is 0.123. The van der Waals surface area contributed by atoms with Crippen LogP contribution in [0.1, 0.15) is 12.8 Å². The maximum Gasteiger partial charge on any atom is 0.263 e. The Bertz CT molecular complexity index is 1000. The van der Waals surface area contributed by atoms with Crippen LogP contribution >= 0.6 is 0 Å². The highest BCUT2D eigenvalue weighted by atomic mass is 32.2. The van der Waals surface area contributed by atoms with Crippen molar-refractivity contribution in [3.05, 3.63) is 60.9 Å². The molecule has 1 saturated heterocycles. The molecule has 1 aliphatic rings. The molecule has 0 radical (unpaired) electrons. The summed E-state index contributed by atoms with van der Waals surface area (Å²) in [4.78, 5) is 6.20. The number of aromatic nitrogens is 3. The van der Waals surface area contributed by atoms with Crippen LogP contribution in [0.3, 0.4) is 0 Å². The zero-order chi connectivity index (χ0) is 18.7. The number of sulfonamides is 1. The molecule has 0 spiro atoms. The fourth-order valence-electron chi connectivity index (χ4n) is 3.02. The maximum atomic E-state index is 12.3. The van der Waals surface area contributed by atoms with Crippen molar-refractivity contribution >= 4 is 21.5 Å². The summed E-state index contributed by atoms with van der Waals surface area (Å²) in [6, 6.07) is 14.1. The van der Waals surface area contributed by atoms with E-state index in [0.717, 1.165) is 30.2 Å². The summed E-state index contributed by atoms with van der Waals surface area (Å²) in [5.41, 5.74) is 2.10. The average molecular weight is 381 g/mol. The van der Waals surface area contributed by atoms with Crippen LogP contribution in [0.15, 0.2) is 65.8 Å². The van der Waals surface area contributed by atoms with Crippen molar-refractivity contribution in [2.75, 3.05) is 22.7 Å². The molecule has 7 nitrogen and oxygen atoms in total. The Morgan fingerprint density at radius 2 is 1.70 bits per heavy atom. The molecule has 138 valence electrons. The van der Waals surface area contributed by atoms with Crippen LogP contribution in [0.25, 0.3) is 11.3 Å². The number of anilines is 2. The molecule has 1 N–H and O–H groups in total. The van der Waals surface area contributed by atoms with Crippen LogP contribution in [0, 0.1) is 0 Å². The van der Waals surface area contributed by atoms with E-state index in [1.54, 1.807) is 18.2 Å². The van der Waals surface area contributed by atoms with Crippen molar-refractivity contribution in [1.29, 1.82) is 0 Å². The van der Waals surface area contributed by atoms with Gasteiger partial charge >= 0.3 is 0 Å². The predicted octanol–water partition coefficient (Wildman–Crippen LogP) is 2.94. The van der Waals surface area contributed by atoms with Crippen molar-refractivity contribution < 1.29 is 8.42 Å². The number of hydrogen-bond acceptors (Lipinski definition) is 6. The average Bonchev–Trinajstić information content (AvgIpc) is 3.24. The van der Waals surface area contributed by atoms with E-state index in [1.807, 2.05) is 24.3 Å². The van der Waals surface area contributed by atoms with Gasteiger partial charge in [-0.1, -0.05) is 12.1 Å². The lowest BCUT2D eigenvalue weighted by Gasteiger charge is -2.15. The van der Waals surface area contributed by atoms with E-state index in [9.17, 15) is 8.42 Å². The molecule has 0 amide bonds. The number of hydrogen-bond donors (Lipinski definition) is 1. The molecule has 0 bridgehead atoms. The third kappa shape index (κ3) is 3.90. The van der Waals surface area contributed by atoms with Crippen molar-refractivity contribution in [1.82, 2.24) is 15.2 Å². The minimum atomic E-state index is -3.65. The molecule has 0 unspecified atom stereocenters. The number of rotatable bonds is 5. The van der Waals surface area contributed by atoms with Gasteiger partial charge in [0.2, 0.25) is 0 Å². The molecule has 2 aromatic heterocycles. The first-order valence-corrected chi connectivity index (χ1v) is 10.2. The first-order valence-electron chi connectivity index (χ1n) is 8.74. The van der Waals surface area contributed by atoms with E-state index in [4.69, 9.17) is 0 Å². The van der Waals surface area contributed by atoms with Crippen LogP contribution in [0.4, 0.5) is 11.5 Å². The Morgan fingerprint density at radius 3 is 2.33 bits per heavy atom. The molecule has 1 fully saturated rings. The minimum Gasteiger partial charge on any atom is -0.355 e. The zero-order valence-electron chi connectivity index (χ0n) is 14.6. The Morgan fingerprint density at radius 1 is 0.926 bits per heavy atom. The molecule has 4 rings (SSSR count). The highest BCUT2D eigenvalue weighted by Gasteiger charge is 2.15. The van der Waals surface area contributed by atoms with Gasteiger partial charge in [-0.2, -0.15) is 0 Å². The van der Waals surface area contributed by atoms with E-state index in [2.05, 4.69) is 24.8 Å². The van der Waals surface area contributed by atoms with Gasteiger partial charge < -0.3 is 4.90 Å². The lowest BCUT2D eigenvalue weighted by Crippen LogP contribution is -2.19. The third-order valence-corrected chi connectivity index (χ3v) is 5.82. The summed E-state index contributed by atoms with van der Waals surface area (Å²) in [6.07, 6.45) is 5.23. The lowest BCUT2D eigenvalue weighted by atomic mass is 10.1. The van der Waals surface area contributed by atoms with E-state index >= 15 is 0 Å². The van der Waals surface area contributed by atoms with Gasteiger partial charge in [-0.3, -0.25) is 9.71 Å². The first kappa shape index (κ1) is 17.4. The molecular formula is C19H19N5O2S. The van der Waals surface area contributed by atoms with Crippen LogP contribution < -0.4 is 9.62 Å². The van der Waals surface area contributed by atoms with Gasteiger partial charge in [-0.05, 0) is 49.2 Å². The zero-order valence-corrected chi connectivity index (χ0v) is 15.4. The van der Waals surface area contributed by atoms with E-state index in [0.29, 0.717) is 5.69 Å². The summed E-state index contributed by atoms with van der Waals surface area (Å²) >= 11 is 0. The van der Waals surface area contributed by atoms with E-state index in [-0.39, 0.29) is 4.90 Å². The largest absolute Gasteiger partial charge is 0.355 e. The van der Waals surface area contributed by atoms with Gasteiger partial charge in [0.05, 0.1) is 5.69 Å². The number of pyridine rings is 1. The fourth-order valence-corrected chi connectivity index (χ4v) is 4.04. The van der Waals surface area contributed by atoms with Gasteiger partial charge in [0, 0.05) is 36.7 Å². The Kier molecular flexibility index (Phi) is 4.72. The second kappa shape index (κ2) is 7.32. The van der Waals surface area contributed by atoms with Crippen molar-refractivity contribution in [3.8, 4) is 11.3 Å². The Balaban J connectivity index is 1.49. The number of benzene rings is 1. The predicted molar refractivity (Wildman–Crippen MR) is 104 cm³/mol. The highest BCUT2D eigenvalue weighted by molar-refractivity contribution is 7.92. The van der Waals surface area contributed by atoms with Crippen molar-refractivity contribution in [3.63, 3.8) is 0 Å². The van der Waals surface area contributed by atoms with Gasteiger partial charge in [-0.25, -0.2) is 8.42 Å². The Labute approximate surface area is 158 Å². The summed E-state index contributed by atoms with van der Waals surface area (Å²) < 4.78 is 27.2. The fraction of sp³-hybridized carbons (Fsp3) is 0.211. The molecule has 8 heteroatoms. The Hall–Kier alpha value is -3.00. The quantitative estimate of drug-likeness (QED) is 0.731. The van der Waals surface area contributed by atoms with Crippen LogP contribution in [-0.2, 0) is 10.0 Å². The molecule has 1 aliphatic heterocycles. The highest BCUT2D eigenvalue weighted by Crippen LogP contribution is 2.23. The van der Waals surface area contributed by atoms with Crippen LogP contribution in [0.5, 0.6) is 0 Å². The van der Waals surface area contributed by atoms with Crippen molar-refractivity contribution in [2.45, 2.75) is 17.7 Å². The van der Waals surface area contributed by atoms with E-state index in [1.165, 1.54) is 31.3 Å². The van der Waals surface area contributed by atoms with Gasteiger partial charge in [0.1, 0.15) is 4.90 Å². The second-order valence-corrected chi connectivity index (χ2v) is 8.02. The first-order chi connectivity index (χ1) is 13.1. The maximum absolute atomic E-state index is 12.3. The third-order valence-electron chi connectivity index (χ3n) is 4.46. The summed E-state index contributed by atoms with van der Waals surface area (Å²) in [5.74, 6) is 0.900. The van der Waals surface area contributed by atoms with Gasteiger partial charge in [0.15, 0.2) is 5.82 Å². The summed E-state index contributed by atoms with van der Waals surface area (Å²) in [6.45, 7) is 2.06. The SMILES string of the molecule is O=S(=O)(Nc1ccc(-c2ccc(N3CCCC3)nn2)cc1)c1cccnc1. The molecular weight excluding hydrogens is 362 g/mol. The van der Waals surface area contributed by atoms with E-state index < -0.39 is 10.0 Å². The van der Waals surface area contributed by atoms with Crippen LogP contribution in [-0.4, -0.2) is 36.7 Å². The van der Waals surface area contributed by atoms with Gasteiger partial charge in [-0.15, -0.1) is 10.2 Å². The standard InChI is InChI=1S/C19H19N5O2S/c25-27(26,17-4-3-11-20-14-17)23-16-7-5-15(6-8-16)18-9-10-19(22-21-18)24-12-1-2-13-24/h3-11,14,23H,1-2,12-13H2. The summed E-state index contributed by atoms with van der Waals surface area (Å²) in [7, 11) is -3.65. The topological polar surface area (TPSA) is 88.1 Å². The normalized spacial score (nSPS) is 14.3. The number of nitrogens with zero attached hydrogens (tertiary/aromatic N) is 4. The summed E-state index contributed by atoms with van der Waals surface area (Å²) in [5, 5.41) is 8.62. The molecule has 0 aliphatic carbocycles. The molecule has 3 heterocycles. The lowest BCUT2D eigenvalue weighted by molar-refractivity contribution is 0.601. The molecule has 0 saturated carbocycles. The smallest absolute Gasteiger partial charge is 0.263 e.